The zero-order valence-corrected chi connectivity index (χ0v) is 42.3. The minimum Gasteiger partial charge on any atom is -0.481 e. The third kappa shape index (κ3) is 28.7. The molecule has 0 aromatic carbocycles. The van der Waals surface area contributed by atoms with Gasteiger partial charge in [0.2, 0.25) is 59.1 Å². The lowest BCUT2D eigenvalue weighted by Crippen LogP contribution is -2.59. The van der Waals surface area contributed by atoms with Crippen LogP contribution in [0.4, 0.5) is 0 Å². The first-order valence-corrected chi connectivity index (χ1v) is 24.7. The lowest BCUT2D eigenvalue weighted by atomic mass is 10.0. The molecule has 0 saturated carbocycles. The summed E-state index contributed by atoms with van der Waals surface area (Å²) in [5, 5.41) is 49.4. The van der Waals surface area contributed by atoms with Crippen LogP contribution in [0.5, 0.6) is 0 Å². The third-order valence-electron chi connectivity index (χ3n) is 10.4. The van der Waals surface area contributed by atoms with E-state index in [0.717, 1.165) is 0 Å². The van der Waals surface area contributed by atoms with E-state index in [2.05, 4.69) is 52.8 Å². The Kier molecular flexibility index (Phi) is 32.7. The van der Waals surface area contributed by atoms with Crippen LogP contribution in [0.15, 0.2) is 4.99 Å². The molecule has 0 aliphatic heterocycles. The zero-order valence-electron chi connectivity index (χ0n) is 41.5. The van der Waals surface area contributed by atoms with Crippen LogP contribution >= 0.6 is 11.8 Å². The highest BCUT2D eigenvalue weighted by Crippen LogP contribution is 2.10. The molecule has 30 nitrogen and oxygen atoms in total. The number of aliphatic hydroxyl groups excluding tert-OH is 1. The molecule has 73 heavy (non-hydrogen) atoms. The molecule has 10 amide bonds. The van der Waals surface area contributed by atoms with E-state index in [1.807, 2.05) is 0 Å². The number of carbonyl (C=O) groups excluding carboxylic acids is 10. The maximum atomic E-state index is 14.1. The van der Waals surface area contributed by atoms with Gasteiger partial charge in [0.25, 0.3) is 0 Å². The minimum atomic E-state index is -1.62. The number of carboxylic acid groups (broad SMARTS) is 2. The van der Waals surface area contributed by atoms with Gasteiger partial charge in [0.05, 0.1) is 19.2 Å². The molecule has 31 heteroatoms. The van der Waals surface area contributed by atoms with E-state index in [4.69, 9.17) is 33.8 Å². The lowest BCUT2D eigenvalue weighted by Gasteiger charge is -2.27. The number of carbonyl (C=O) groups is 12. The van der Waals surface area contributed by atoms with Gasteiger partial charge in [0.15, 0.2) is 5.96 Å². The van der Waals surface area contributed by atoms with E-state index in [0.29, 0.717) is 12.2 Å². The average Bonchev–Trinajstić information content (AvgIpc) is 3.32. The van der Waals surface area contributed by atoms with Gasteiger partial charge in [-0.05, 0) is 82.8 Å². The van der Waals surface area contributed by atoms with E-state index in [1.54, 1.807) is 20.1 Å². The fourth-order valence-electron chi connectivity index (χ4n) is 6.21. The first-order valence-electron chi connectivity index (χ1n) is 23.3. The maximum absolute atomic E-state index is 14.1. The number of carboxylic acids is 2. The Labute approximate surface area is 426 Å². The number of nitrogens with zero attached hydrogens (tertiary/aromatic N) is 1. The van der Waals surface area contributed by atoms with Gasteiger partial charge in [0.1, 0.15) is 48.8 Å². The van der Waals surface area contributed by atoms with Gasteiger partial charge >= 0.3 is 11.9 Å². The Balaban J connectivity index is 6.51. The monoisotopic (exact) mass is 1060 g/mol. The molecule has 0 heterocycles. The van der Waals surface area contributed by atoms with Gasteiger partial charge in [-0.15, -0.1) is 0 Å². The van der Waals surface area contributed by atoms with Gasteiger partial charge in [-0.3, -0.25) is 62.5 Å². The summed E-state index contributed by atoms with van der Waals surface area (Å²) in [5.41, 5.74) is 27.7. The Bertz CT molecular complexity index is 1920. The van der Waals surface area contributed by atoms with Gasteiger partial charge in [-0.25, -0.2) is 0 Å². The fourth-order valence-corrected chi connectivity index (χ4v) is 6.68. The molecule has 414 valence electrons. The smallest absolute Gasteiger partial charge is 0.322 e. The van der Waals surface area contributed by atoms with Gasteiger partial charge in [-0.1, -0.05) is 13.8 Å². The highest BCUT2D eigenvalue weighted by Gasteiger charge is 2.33. The molecule has 0 spiro atoms. The van der Waals surface area contributed by atoms with Crippen molar-refractivity contribution in [2.75, 3.05) is 44.8 Å². The van der Waals surface area contributed by atoms with Crippen molar-refractivity contribution in [1.29, 1.82) is 0 Å². The van der Waals surface area contributed by atoms with E-state index in [1.165, 1.54) is 18.7 Å². The fraction of sp³-hybridized carbons (Fsp3) is 0.690. The normalized spacial score (nSPS) is 14.1. The zero-order chi connectivity index (χ0) is 55.8. The highest BCUT2D eigenvalue weighted by atomic mass is 32.2. The summed E-state index contributed by atoms with van der Waals surface area (Å²) in [4.78, 5) is 158. The van der Waals surface area contributed by atoms with Crippen molar-refractivity contribution in [3.8, 4) is 0 Å². The molecular formula is C42H75N15O15S. The van der Waals surface area contributed by atoms with Gasteiger partial charge in [-0.2, -0.15) is 11.8 Å². The van der Waals surface area contributed by atoms with E-state index < -0.39 is 165 Å². The molecule has 0 radical (unpaired) electrons. The standard InChI is InChI=1S/C42H75N15O15S/c1-21(2)33(45)41(72)51-22(3)34(65)57-28(20-58)36(67)49-18-30(60)52-25(10-12-29(44)59)39(70)53-23(8-5-6-15-43)37(68)54-24(9-7-16-48-42(46)47)38(69)55-26(11-13-31(61)62)40(71)56-27(14-17-73-4)35(66)50-19-32(63)64/h21-28,33,58H,5-20,43,45H2,1-4H3,(H2,44,59)(H,49,67)(H,50,66)(H,51,72)(H,52,60)(H,53,70)(H,54,68)(H,55,69)(H,56,71)(H,57,65)(H,61,62)(H,63,64)(H4,46,47,48)/t22-,23-,24-,25-,26-,27-,28-,33-/m0/s1. The Morgan fingerprint density at radius 2 is 1.00 bits per heavy atom. The third-order valence-corrected chi connectivity index (χ3v) is 11.1. The maximum Gasteiger partial charge on any atom is 0.322 e. The summed E-state index contributed by atoms with van der Waals surface area (Å²) in [7, 11) is 0. The molecule has 22 N–H and O–H groups in total. The number of unbranched alkanes of at least 4 members (excludes halogenated alkanes) is 1. The molecule has 0 saturated heterocycles. The molecular weight excluding hydrogens is 987 g/mol. The summed E-state index contributed by atoms with van der Waals surface area (Å²) in [6.07, 6.45) is 0.0486. The Morgan fingerprint density at radius 1 is 0.534 bits per heavy atom. The van der Waals surface area contributed by atoms with Crippen LogP contribution in [0.2, 0.25) is 0 Å². The highest BCUT2D eigenvalue weighted by molar-refractivity contribution is 7.98. The molecule has 0 unspecified atom stereocenters. The topological polar surface area (TPSA) is 516 Å². The minimum absolute atomic E-state index is 0.0211. The number of aliphatic imine (C=N–C) groups is 1. The number of aliphatic hydroxyl groups is 1. The lowest BCUT2D eigenvalue weighted by molar-refractivity contribution is -0.139. The Hall–Kier alpha value is -6.86. The number of hydrogen-bond donors (Lipinski definition) is 17. The van der Waals surface area contributed by atoms with Crippen molar-refractivity contribution in [3.05, 3.63) is 0 Å². The number of rotatable bonds is 38. The van der Waals surface area contributed by atoms with Crippen LogP contribution < -0.4 is 76.5 Å². The molecule has 0 aliphatic carbocycles. The van der Waals surface area contributed by atoms with Crippen molar-refractivity contribution in [3.63, 3.8) is 0 Å². The average molecular weight is 1060 g/mol. The second-order valence-electron chi connectivity index (χ2n) is 16.9. The molecule has 0 bridgehead atoms. The number of amides is 10. The van der Waals surface area contributed by atoms with Crippen molar-refractivity contribution in [1.82, 2.24) is 47.9 Å². The first kappa shape index (κ1) is 66.1. The van der Waals surface area contributed by atoms with Crippen LogP contribution in [0.1, 0.15) is 85.0 Å². The molecule has 0 aromatic heterocycles. The predicted molar refractivity (Wildman–Crippen MR) is 264 cm³/mol. The largest absolute Gasteiger partial charge is 0.481 e. The summed E-state index contributed by atoms with van der Waals surface area (Å²) >= 11 is 1.31. The van der Waals surface area contributed by atoms with Crippen LogP contribution in [0.3, 0.4) is 0 Å². The summed E-state index contributed by atoms with van der Waals surface area (Å²) < 4.78 is 0. The van der Waals surface area contributed by atoms with Crippen LogP contribution in [0.25, 0.3) is 0 Å². The second kappa shape index (κ2) is 36.1. The SMILES string of the molecule is CSCC[C@H](NC(=O)[C@H](CCC(=O)O)NC(=O)[C@H](CCCN=C(N)N)NC(=O)[C@H](CCCCN)NC(=O)[C@H](CCC(N)=O)NC(=O)CNC(=O)[C@H](CO)NC(=O)[C@H](C)NC(=O)[C@@H](N)C(C)C)C(=O)NCC(=O)O. The summed E-state index contributed by atoms with van der Waals surface area (Å²) in [6, 6.07) is -11.2. The first-order chi connectivity index (χ1) is 34.3. The van der Waals surface area contributed by atoms with Gasteiger partial charge in [0, 0.05) is 19.4 Å². The summed E-state index contributed by atoms with van der Waals surface area (Å²) in [6.45, 7) is 2.29. The molecule has 0 aromatic rings. The Morgan fingerprint density at radius 3 is 1.47 bits per heavy atom. The second-order valence-corrected chi connectivity index (χ2v) is 17.9. The van der Waals surface area contributed by atoms with Crippen LogP contribution in [-0.4, -0.2) is 185 Å². The molecule has 0 fully saturated rings. The quantitative estimate of drug-likeness (QED) is 0.0155. The number of nitrogens with one attached hydrogen (secondary N) is 9. The summed E-state index contributed by atoms with van der Waals surface area (Å²) in [5.74, 6) is -12.2. The molecule has 0 aliphatic rings. The van der Waals surface area contributed by atoms with Crippen molar-refractivity contribution >= 4 is 88.7 Å². The van der Waals surface area contributed by atoms with Crippen molar-refractivity contribution in [2.24, 2.45) is 39.6 Å². The van der Waals surface area contributed by atoms with Crippen molar-refractivity contribution < 1.29 is 72.9 Å². The number of primary amides is 1. The molecule has 0 rings (SSSR count). The van der Waals surface area contributed by atoms with E-state index in [9.17, 15) is 67.7 Å². The number of thioether (sulfide) groups is 1. The number of guanidine groups is 1. The predicted octanol–water partition coefficient (Wildman–Crippen LogP) is -7.24. The number of hydrogen-bond acceptors (Lipinski definition) is 17. The van der Waals surface area contributed by atoms with Gasteiger partial charge < -0.3 is 91.8 Å². The van der Waals surface area contributed by atoms with E-state index in [-0.39, 0.29) is 57.1 Å². The van der Waals surface area contributed by atoms with Crippen LogP contribution in [-0.2, 0) is 57.5 Å². The molecule has 8 atom stereocenters. The van der Waals surface area contributed by atoms with Crippen LogP contribution in [0, 0.1) is 5.92 Å². The van der Waals surface area contributed by atoms with E-state index >= 15 is 0 Å². The number of nitrogens with two attached hydrogens (primary N) is 5. The number of aliphatic carboxylic acids is 2. The van der Waals surface area contributed by atoms with Crippen molar-refractivity contribution in [2.45, 2.75) is 133 Å².